The number of carbonyl (C=O) groups excluding carboxylic acids is 3. The highest BCUT2D eigenvalue weighted by atomic mass is 16.5. The standard InChI is InChI=1S/C11H15NO5/c1-16-9(13)4-3-7-6-12-11(15)8(7)5-10(14)17-2/h3-6H2,1-2H3,(H,12,15). The van der Waals surface area contributed by atoms with E-state index in [1.54, 1.807) is 0 Å². The molecule has 0 radical (unpaired) electrons. The molecule has 0 aliphatic carbocycles. The summed E-state index contributed by atoms with van der Waals surface area (Å²) in [6, 6.07) is 0. The fraction of sp³-hybridized carbons (Fsp3) is 0.545. The van der Waals surface area contributed by atoms with E-state index in [9.17, 15) is 14.4 Å². The van der Waals surface area contributed by atoms with Gasteiger partial charge in [-0.05, 0) is 12.0 Å². The Morgan fingerprint density at radius 2 is 1.88 bits per heavy atom. The van der Waals surface area contributed by atoms with Gasteiger partial charge in [-0.15, -0.1) is 0 Å². The van der Waals surface area contributed by atoms with Gasteiger partial charge in [0.15, 0.2) is 0 Å². The van der Waals surface area contributed by atoms with Crippen molar-refractivity contribution in [2.24, 2.45) is 0 Å². The SMILES string of the molecule is COC(=O)CCC1=C(CC(=O)OC)C(=O)NC1. The average Bonchev–Trinajstić information content (AvgIpc) is 2.67. The number of amides is 1. The molecule has 0 aromatic rings. The summed E-state index contributed by atoms with van der Waals surface area (Å²) in [6.07, 6.45) is 0.558. The van der Waals surface area contributed by atoms with Crippen molar-refractivity contribution in [1.82, 2.24) is 5.32 Å². The maximum Gasteiger partial charge on any atom is 0.310 e. The van der Waals surface area contributed by atoms with E-state index in [2.05, 4.69) is 14.8 Å². The Morgan fingerprint density at radius 3 is 2.47 bits per heavy atom. The molecular formula is C11H15NO5. The van der Waals surface area contributed by atoms with E-state index in [1.165, 1.54) is 14.2 Å². The van der Waals surface area contributed by atoms with E-state index in [-0.39, 0.29) is 24.7 Å². The first-order valence-corrected chi connectivity index (χ1v) is 5.21. The first kappa shape index (κ1) is 13.2. The molecule has 0 bridgehead atoms. The molecule has 0 aromatic carbocycles. The number of esters is 2. The molecule has 17 heavy (non-hydrogen) atoms. The van der Waals surface area contributed by atoms with Gasteiger partial charge in [0, 0.05) is 18.5 Å². The summed E-state index contributed by atoms with van der Waals surface area (Å²) in [4.78, 5) is 33.6. The third kappa shape index (κ3) is 3.58. The molecular weight excluding hydrogens is 226 g/mol. The second-order valence-electron chi connectivity index (χ2n) is 3.59. The van der Waals surface area contributed by atoms with Gasteiger partial charge in [-0.25, -0.2) is 0 Å². The number of ether oxygens (including phenoxy) is 2. The highest BCUT2D eigenvalue weighted by Gasteiger charge is 2.24. The lowest BCUT2D eigenvalue weighted by atomic mass is 10.0. The molecule has 6 nitrogen and oxygen atoms in total. The number of carbonyl (C=O) groups is 3. The van der Waals surface area contributed by atoms with Gasteiger partial charge in [-0.1, -0.05) is 0 Å². The van der Waals surface area contributed by atoms with Crippen LogP contribution in [0.15, 0.2) is 11.1 Å². The van der Waals surface area contributed by atoms with Crippen molar-refractivity contribution in [3.8, 4) is 0 Å². The minimum absolute atomic E-state index is 0.0567. The van der Waals surface area contributed by atoms with Crippen LogP contribution in [0.3, 0.4) is 0 Å². The topological polar surface area (TPSA) is 81.7 Å². The Labute approximate surface area is 99.0 Å². The summed E-state index contributed by atoms with van der Waals surface area (Å²) < 4.78 is 9.03. The molecule has 0 saturated carbocycles. The zero-order chi connectivity index (χ0) is 12.8. The minimum Gasteiger partial charge on any atom is -0.469 e. The van der Waals surface area contributed by atoms with Gasteiger partial charge >= 0.3 is 11.9 Å². The van der Waals surface area contributed by atoms with Gasteiger partial charge in [0.05, 0.1) is 20.6 Å². The van der Waals surface area contributed by atoms with Gasteiger partial charge in [0.25, 0.3) is 0 Å². The number of rotatable bonds is 5. The van der Waals surface area contributed by atoms with Crippen LogP contribution in [0.2, 0.25) is 0 Å². The monoisotopic (exact) mass is 241 g/mol. The normalized spacial score (nSPS) is 14.6. The lowest BCUT2D eigenvalue weighted by Gasteiger charge is -2.03. The molecule has 0 aromatic heterocycles. The predicted octanol–water partition coefficient (Wildman–Crippen LogP) is -0.0709. The molecule has 94 valence electrons. The third-order valence-corrected chi connectivity index (χ3v) is 2.57. The quantitative estimate of drug-likeness (QED) is 0.681. The molecule has 6 heteroatoms. The van der Waals surface area contributed by atoms with Gasteiger partial charge in [-0.2, -0.15) is 0 Å². The largest absolute Gasteiger partial charge is 0.469 e. The summed E-state index contributed by atoms with van der Waals surface area (Å²) in [5, 5.41) is 2.62. The molecule has 1 aliphatic heterocycles. The maximum absolute atomic E-state index is 11.5. The van der Waals surface area contributed by atoms with Gasteiger partial charge < -0.3 is 14.8 Å². The van der Waals surface area contributed by atoms with Crippen molar-refractivity contribution in [3.63, 3.8) is 0 Å². The second kappa shape index (κ2) is 6.03. The molecule has 1 aliphatic rings. The van der Waals surface area contributed by atoms with E-state index in [1.807, 2.05) is 0 Å². The van der Waals surface area contributed by atoms with Crippen molar-refractivity contribution in [2.45, 2.75) is 19.3 Å². The van der Waals surface area contributed by atoms with Crippen LogP contribution in [0, 0.1) is 0 Å². The van der Waals surface area contributed by atoms with Crippen molar-refractivity contribution >= 4 is 17.8 Å². The van der Waals surface area contributed by atoms with Crippen molar-refractivity contribution in [2.75, 3.05) is 20.8 Å². The Balaban J connectivity index is 2.67. The molecule has 1 amide bonds. The Bertz CT molecular complexity index is 372. The van der Waals surface area contributed by atoms with Crippen LogP contribution in [-0.4, -0.2) is 38.6 Å². The van der Waals surface area contributed by atoms with Gasteiger partial charge in [0.1, 0.15) is 0 Å². The Kier molecular flexibility index (Phi) is 4.68. The molecule has 1 N–H and O–H groups in total. The van der Waals surface area contributed by atoms with E-state index in [0.717, 1.165) is 5.57 Å². The zero-order valence-corrected chi connectivity index (χ0v) is 9.87. The smallest absolute Gasteiger partial charge is 0.310 e. The predicted molar refractivity (Wildman–Crippen MR) is 57.9 cm³/mol. The van der Waals surface area contributed by atoms with Crippen molar-refractivity contribution in [1.29, 1.82) is 0 Å². The molecule has 0 spiro atoms. The van der Waals surface area contributed by atoms with E-state index in [0.29, 0.717) is 18.5 Å². The number of hydrogen-bond acceptors (Lipinski definition) is 5. The number of hydrogen-bond donors (Lipinski definition) is 1. The molecule has 0 atom stereocenters. The lowest BCUT2D eigenvalue weighted by Crippen LogP contribution is -2.18. The lowest BCUT2D eigenvalue weighted by molar-refractivity contribution is -0.141. The van der Waals surface area contributed by atoms with Crippen LogP contribution in [-0.2, 0) is 23.9 Å². The summed E-state index contributed by atoms with van der Waals surface area (Å²) in [7, 11) is 2.58. The van der Waals surface area contributed by atoms with E-state index < -0.39 is 5.97 Å². The fourth-order valence-electron chi connectivity index (χ4n) is 1.58. The molecule has 1 rings (SSSR count). The molecule has 1 heterocycles. The first-order chi connectivity index (χ1) is 8.08. The average molecular weight is 241 g/mol. The van der Waals surface area contributed by atoms with E-state index in [4.69, 9.17) is 0 Å². The number of nitrogens with one attached hydrogen (secondary N) is 1. The van der Waals surface area contributed by atoms with Crippen LogP contribution in [0.25, 0.3) is 0 Å². The highest BCUT2D eigenvalue weighted by Crippen LogP contribution is 2.20. The van der Waals surface area contributed by atoms with Gasteiger partial charge in [0.2, 0.25) is 5.91 Å². The van der Waals surface area contributed by atoms with Crippen LogP contribution in [0.5, 0.6) is 0 Å². The van der Waals surface area contributed by atoms with E-state index >= 15 is 0 Å². The van der Waals surface area contributed by atoms with Crippen LogP contribution in [0.1, 0.15) is 19.3 Å². The summed E-state index contributed by atoms with van der Waals surface area (Å²) in [6.45, 7) is 0.377. The fourth-order valence-corrected chi connectivity index (χ4v) is 1.58. The van der Waals surface area contributed by atoms with Crippen molar-refractivity contribution in [3.05, 3.63) is 11.1 Å². The summed E-state index contributed by atoms with van der Waals surface area (Å²) >= 11 is 0. The highest BCUT2D eigenvalue weighted by molar-refractivity contribution is 6.00. The van der Waals surface area contributed by atoms with Gasteiger partial charge in [-0.3, -0.25) is 14.4 Å². The van der Waals surface area contributed by atoms with Crippen LogP contribution in [0.4, 0.5) is 0 Å². The number of methoxy groups -OCH3 is 2. The van der Waals surface area contributed by atoms with Crippen LogP contribution >= 0.6 is 0 Å². The first-order valence-electron chi connectivity index (χ1n) is 5.21. The maximum atomic E-state index is 11.5. The van der Waals surface area contributed by atoms with Crippen molar-refractivity contribution < 1.29 is 23.9 Å². The molecule has 0 unspecified atom stereocenters. The summed E-state index contributed by atoms with van der Waals surface area (Å²) in [5.41, 5.74) is 1.17. The second-order valence-corrected chi connectivity index (χ2v) is 3.59. The minimum atomic E-state index is -0.465. The molecule has 0 saturated heterocycles. The summed E-state index contributed by atoms with van der Waals surface area (Å²) in [5.74, 6) is -1.07. The molecule has 0 fully saturated rings. The third-order valence-electron chi connectivity index (χ3n) is 2.57. The van der Waals surface area contributed by atoms with Crippen LogP contribution < -0.4 is 5.32 Å². The Hall–Kier alpha value is -1.85. The Morgan fingerprint density at radius 1 is 1.24 bits per heavy atom. The zero-order valence-electron chi connectivity index (χ0n) is 9.87.